The largest absolute Gasteiger partial charge is 0.356 e. The fourth-order valence-corrected chi connectivity index (χ4v) is 4.97. The SMILES string of the molecule is CCN(C(=O)c1ccc(N(C)C2CCS(=O)(=O)C2)nc1)c1ccccc1. The number of pyridine rings is 1. The van der Waals surface area contributed by atoms with E-state index in [0.717, 1.165) is 5.69 Å². The summed E-state index contributed by atoms with van der Waals surface area (Å²) in [6.07, 6.45) is 2.17. The monoisotopic (exact) mass is 373 g/mol. The van der Waals surface area contributed by atoms with Crippen LogP contribution in [0.25, 0.3) is 0 Å². The van der Waals surface area contributed by atoms with Gasteiger partial charge in [0, 0.05) is 31.5 Å². The molecule has 26 heavy (non-hydrogen) atoms. The lowest BCUT2D eigenvalue weighted by Gasteiger charge is -2.25. The summed E-state index contributed by atoms with van der Waals surface area (Å²) < 4.78 is 23.3. The van der Waals surface area contributed by atoms with E-state index in [-0.39, 0.29) is 23.5 Å². The molecule has 0 radical (unpaired) electrons. The van der Waals surface area contributed by atoms with Crippen LogP contribution in [0.1, 0.15) is 23.7 Å². The molecule has 2 aromatic rings. The summed E-state index contributed by atoms with van der Waals surface area (Å²) in [5.41, 5.74) is 1.35. The van der Waals surface area contributed by atoms with Crippen LogP contribution in [0.3, 0.4) is 0 Å². The van der Waals surface area contributed by atoms with Crippen molar-refractivity contribution in [3.63, 3.8) is 0 Å². The molecule has 1 aromatic heterocycles. The number of rotatable bonds is 5. The molecule has 0 aliphatic carbocycles. The lowest BCUT2D eigenvalue weighted by molar-refractivity contribution is 0.0988. The first-order valence-electron chi connectivity index (χ1n) is 8.67. The first kappa shape index (κ1) is 18.4. The fraction of sp³-hybridized carbons (Fsp3) is 0.368. The molecule has 3 rings (SSSR count). The molecule has 2 heterocycles. The van der Waals surface area contributed by atoms with E-state index in [4.69, 9.17) is 0 Å². The molecule has 1 atom stereocenters. The molecule has 6 nitrogen and oxygen atoms in total. The molecule has 0 bridgehead atoms. The Kier molecular flexibility index (Phi) is 5.27. The minimum absolute atomic E-state index is 0.0643. The van der Waals surface area contributed by atoms with Gasteiger partial charge in [-0.25, -0.2) is 13.4 Å². The topological polar surface area (TPSA) is 70.6 Å². The molecule has 0 saturated carbocycles. The van der Waals surface area contributed by atoms with Gasteiger partial charge in [0.15, 0.2) is 9.84 Å². The highest BCUT2D eigenvalue weighted by molar-refractivity contribution is 7.91. The van der Waals surface area contributed by atoms with Crippen molar-refractivity contribution in [3.05, 3.63) is 54.2 Å². The number of anilines is 2. The van der Waals surface area contributed by atoms with E-state index in [2.05, 4.69) is 4.98 Å². The van der Waals surface area contributed by atoms with Crippen LogP contribution in [-0.4, -0.2) is 50.4 Å². The first-order valence-corrected chi connectivity index (χ1v) is 10.5. The minimum Gasteiger partial charge on any atom is -0.356 e. The van der Waals surface area contributed by atoms with Gasteiger partial charge in [-0.15, -0.1) is 0 Å². The Morgan fingerprint density at radius 1 is 1.19 bits per heavy atom. The van der Waals surface area contributed by atoms with Crippen molar-refractivity contribution in [2.45, 2.75) is 19.4 Å². The van der Waals surface area contributed by atoms with Crippen LogP contribution in [0, 0.1) is 0 Å². The fourth-order valence-electron chi connectivity index (χ4n) is 3.20. The number of hydrogen-bond acceptors (Lipinski definition) is 5. The molecular formula is C19H23N3O3S. The average Bonchev–Trinajstić information content (AvgIpc) is 3.02. The molecule has 1 saturated heterocycles. The summed E-state index contributed by atoms with van der Waals surface area (Å²) in [4.78, 5) is 20.8. The third-order valence-corrected chi connectivity index (χ3v) is 6.49. The number of benzene rings is 1. The second-order valence-corrected chi connectivity index (χ2v) is 8.69. The van der Waals surface area contributed by atoms with E-state index < -0.39 is 9.84 Å². The predicted octanol–water partition coefficient (Wildman–Crippen LogP) is 2.37. The number of hydrogen-bond donors (Lipinski definition) is 0. The first-order chi connectivity index (χ1) is 12.4. The summed E-state index contributed by atoms with van der Waals surface area (Å²) in [6, 6.07) is 13.0. The maximum atomic E-state index is 12.8. The van der Waals surface area contributed by atoms with Gasteiger partial charge < -0.3 is 9.80 Å². The molecule has 1 aromatic carbocycles. The van der Waals surface area contributed by atoms with Gasteiger partial charge in [-0.05, 0) is 37.6 Å². The molecule has 0 N–H and O–H groups in total. The quantitative estimate of drug-likeness (QED) is 0.805. The van der Waals surface area contributed by atoms with Gasteiger partial charge in [0.25, 0.3) is 5.91 Å². The van der Waals surface area contributed by atoms with E-state index in [1.54, 1.807) is 23.2 Å². The molecular weight excluding hydrogens is 350 g/mol. The summed E-state index contributed by atoms with van der Waals surface area (Å²) in [5.74, 6) is 0.945. The number of amides is 1. The molecule has 7 heteroatoms. The van der Waals surface area contributed by atoms with Crippen molar-refractivity contribution in [2.75, 3.05) is 34.9 Å². The second kappa shape index (κ2) is 7.45. The van der Waals surface area contributed by atoms with Crippen molar-refractivity contribution in [3.8, 4) is 0 Å². The van der Waals surface area contributed by atoms with E-state index in [0.29, 0.717) is 24.3 Å². The molecule has 138 valence electrons. The van der Waals surface area contributed by atoms with Gasteiger partial charge in [-0.2, -0.15) is 0 Å². The second-order valence-electron chi connectivity index (χ2n) is 6.46. The Balaban J connectivity index is 1.75. The zero-order valence-corrected chi connectivity index (χ0v) is 15.8. The van der Waals surface area contributed by atoms with Gasteiger partial charge in [0.05, 0.1) is 17.1 Å². The van der Waals surface area contributed by atoms with E-state index in [9.17, 15) is 13.2 Å². The lowest BCUT2D eigenvalue weighted by atomic mass is 10.2. The number of carbonyl (C=O) groups is 1. The molecule has 1 aliphatic rings. The summed E-state index contributed by atoms with van der Waals surface area (Å²) in [5, 5.41) is 0. The number of nitrogens with zero attached hydrogens (tertiary/aromatic N) is 3. The van der Waals surface area contributed by atoms with Gasteiger partial charge >= 0.3 is 0 Å². The summed E-state index contributed by atoms with van der Waals surface area (Å²) in [6.45, 7) is 2.49. The average molecular weight is 373 g/mol. The van der Waals surface area contributed by atoms with Gasteiger partial charge in [0.2, 0.25) is 0 Å². The van der Waals surface area contributed by atoms with E-state index in [1.165, 1.54) is 0 Å². The highest BCUT2D eigenvalue weighted by atomic mass is 32.2. The Hall–Kier alpha value is -2.41. The van der Waals surface area contributed by atoms with Gasteiger partial charge in [-0.3, -0.25) is 4.79 Å². The lowest BCUT2D eigenvalue weighted by Crippen LogP contribution is -2.33. The third kappa shape index (κ3) is 3.88. The van der Waals surface area contributed by atoms with Crippen molar-refractivity contribution in [1.29, 1.82) is 0 Å². The molecule has 1 aliphatic heterocycles. The highest BCUT2D eigenvalue weighted by Crippen LogP contribution is 2.22. The normalized spacial score (nSPS) is 18.5. The van der Waals surface area contributed by atoms with Gasteiger partial charge in [0.1, 0.15) is 5.82 Å². The van der Waals surface area contributed by atoms with Crippen molar-refractivity contribution < 1.29 is 13.2 Å². The molecule has 0 spiro atoms. The number of para-hydroxylation sites is 1. The Bertz CT molecular complexity index is 867. The van der Waals surface area contributed by atoms with Crippen molar-refractivity contribution >= 4 is 27.2 Å². The Morgan fingerprint density at radius 2 is 1.92 bits per heavy atom. The van der Waals surface area contributed by atoms with Crippen LogP contribution in [0.5, 0.6) is 0 Å². The minimum atomic E-state index is -2.95. The number of sulfone groups is 1. The highest BCUT2D eigenvalue weighted by Gasteiger charge is 2.31. The standard InChI is InChI=1S/C19H23N3O3S/c1-3-22(16-7-5-4-6-8-16)19(23)15-9-10-18(20-13-15)21(2)17-11-12-26(24,25)14-17/h4-10,13,17H,3,11-12,14H2,1-2H3. The van der Waals surface area contributed by atoms with Crippen molar-refractivity contribution in [1.82, 2.24) is 4.98 Å². The van der Waals surface area contributed by atoms with Crippen LogP contribution in [0.4, 0.5) is 11.5 Å². The number of carbonyl (C=O) groups excluding carboxylic acids is 1. The molecule has 1 unspecified atom stereocenters. The van der Waals surface area contributed by atoms with E-state index >= 15 is 0 Å². The van der Waals surface area contributed by atoms with E-state index in [1.807, 2.05) is 49.2 Å². The van der Waals surface area contributed by atoms with Gasteiger partial charge in [-0.1, -0.05) is 18.2 Å². The smallest absolute Gasteiger partial charge is 0.259 e. The Labute approximate surface area is 154 Å². The van der Waals surface area contributed by atoms with Crippen LogP contribution in [-0.2, 0) is 9.84 Å². The number of aromatic nitrogens is 1. The summed E-state index contributed by atoms with van der Waals surface area (Å²) >= 11 is 0. The van der Waals surface area contributed by atoms with Crippen LogP contribution in [0.2, 0.25) is 0 Å². The molecule has 1 amide bonds. The Morgan fingerprint density at radius 3 is 2.46 bits per heavy atom. The maximum absolute atomic E-state index is 12.8. The van der Waals surface area contributed by atoms with Crippen molar-refractivity contribution in [2.24, 2.45) is 0 Å². The van der Waals surface area contributed by atoms with Crippen LogP contribution >= 0.6 is 0 Å². The van der Waals surface area contributed by atoms with Crippen LogP contribution in [0.15, 0.2) is 48.7 Å². The zero-order valence-electron chi connectivity index (χ0n) is 15.0. The summed E-state index contributed by atoms with van der Waals surface area (Å²) in [7, 11) is -1.10. The third-order valence-electron chi connectivity index (χ3n) is 4.74. The molecule has 1 fully saturated rings. The predicted molar refractivity (Wildman–Crippen MR) is 103 cm³/mol. The maximum Gasteiger partial charge on any atom is 0.259 e. The zero-order chi connectivity index (χ0) is 18.7. The van der Waals surface area contributed by atoms with Crippen LogP contribution < -0.4 is 9.80 Å².